The van der Waals surface area contributed by atoms with Gasteiger partial charge in [0.15, 0.2) is 23.7 Å². The normalized spacial score (nSPS) is 24.5. The van der Waals surface area contributed by atoms with Crippen molar-refractivity contribution in [1.82, 2.24) is 19.5 Å². The van der Waals surface area contributed by atoms with Gasteiger partial charge in [-0.15, -0.1) is 0 Å². The third-order valence-electron chi connectivity index (χ3n) is 4.38. The topological polar surface area (TPSA) is 232 Å². The number of nitrogens with zero attached hydrogens (tertiary/aromatic N) is 6. The third kappa shape index (κ3) is 5.55. The van der Waals surface area contributed by atoms with Crippen molar-refractivity contribution in [2.75, 3.05) is 25.6 Å². The Kier molecular flexibility index (Phi) is 7.68. The van der Waals surface area contributed by atoms with E-state index in [0.717, 1.165) is 0 Å². The fraction of sp³-hybridized carbons (Fsp3) is 0.562. The summed E-state index contributed by atoms with van der Waals surface area (Å²) in [7, 11) is -4.43. The number of aliphatic hydroxyl groups is 3. The summed E-state index contributed by atoms with van der Waals surface area (Å²) in [6, 6.07) is 2.92. The molecule has 2 unspecified atom stereocenters. The number of ether oxygens (including phenoxy) is 1. The van der Waals surface area contributed by atoms with Crippen molar-refractivity contribution in [1.29, 1.82) is 10.5 Å². The highest BCUT2D eigenvalue weighted by Gasteiger charge is 2.39. The van der Waals surface area contributed by atoms with Crippen LogP contribution in [-0.2, 0) is 22.9 Å². The minimum atomic E-state index is -4.43. The van der Waals surface area contributed by atoms with Crippen LogP contribution in [0.15, 0.2) is 12.7 Å². The monoisotopic (exact) mass is 469 g/mol. The lowest BCUT2D eigenvalue weighted by molar-refractivity contribution is -0.0475. The molecule has 0 bridgehead atoms. The van der Waals surface area contributed by atoms with E-state index in [9.17, 15) is 19.9 Å². The van der Waals surface area contributed by atoms with Crippen molar-refractivity contribution in [2.24, 2.45) is 0 Å². The van der Waals surface area contributed by atoms with E-state index in [4.69, 9.17) is 34.6 Å². The molecule has 0 amide bonds. The second-order valence-corrected chi connectivity index (χ2v) is 8.31. The maximum atomic E-state index is 12.7. The molecule has 15 nitrogen and oxygen atoms in total. The molecule has 0 spiro atoms. The van der Waals surface area contributed by atoms with E-state index in [2.05, 4.69) is 15.0 Å². The number of fused-ring (bicyclic) bond motifs is 1. The minimum Gasteiger partial charge on any atom is -0.390 e. The van der Waals surface area contributed by atoms with E-state index in [1.165, 1.54) is 24.8 Å². The predicted molar refractivity (Wildman–Crippen MR) is 103 cm³/mol. The summed E-state index contributed by atoms with van der Waals surface area (Å²) in [5, 5.41) is 46.2. The standard InChI is InChI=1S/C16H20N7O8P/c17-2-9(24)4-28-32(27,29-5-10(25)3-18)30-6-12-11(26)1-13(31-12)23-8-22-14-15(19)20-7-21-16(14)23/h7-13,24-26H,1,4-6H2,(H2,19,20,21)/t9?,10?,11-,12+,13+,32?/m0/s1. The first-order valence-electron chi connectivity index (χ1n) is 9.22. The molecule has 3 heterocycles. The molecule has 1 aliphatic heterocycles. The zero-order valence-corrected chi connectivity index (χ0v) is 17.4. The number of phosphoric acid groups is 1. The SMILES string of the molecule is N#CC(O)COP(=O)(OCC(O)C#N)OC[C@H]1O[C@@H](n2cnc3c(N)ncnc32)C[C@@H]1O. The average Bonchev–Trinajstić information content (AvgIpc) is 3.38. The third-order valence-corrected chi connectivity index (χ3v) is 5.77. The molecule has 2 aromatic heterocycles. The Bertz CT molecular complexity index is 1040. The number of nitriles is 2. The number of aliphatic hydroxyl groups excluding tert-OH is 3. The molecule has 0 radical (unpaired) electrons. The van der Waals surface area contributed by atoms with Gasteiger partial charge in [-0.1, -0.05) is 0 Å². The molecule has 32 heavy (non-hydrogen) atoms. The van der Waals surface area contributed by atoms with Gasteiger partial charge in [0.25, 0.3) is 0 Å². The summed E-state index contributed by atoms with van der Waals surface area (Å²) in [6.07, 6.45) is -3.12. The average molecular weight is 469 g/mol. The van der Waals surface area contributed by atoms with Gasteiger partial charge in [-0.05, 0) is 0 Å². The summed E-state index contributed by atoms with van der Waals surface area (Å²) in [6.45, 7) is -1.89. The maximum Gasteiger partial charge on any atom is 0.475 e. The zero-order chi connectivity index (χ0) is 23.3. The highest BCUT2D eigenvalue weighted by molar-refractivity contribution is 7.48. The van der Waals surface area contributed by atoms with Gasteiger partial charge in [0.05, 0.1) is 44.4 Å². The number of nitrogen functional groups attached to an aromatic ring is 1. The lowest BCUT2D eigenvalue weighted by atomic mass is 10.2. The molecule has 3 rings (SSSR count). The van der Waals surface area contributed by atoms with Gasteiger partial charge in [0, 0.05) is 6.42 Å². The van der Waals surface area contributed by atoms with E-state index in [-0.39, 0.29) is 12.2 Å². The van der Waals surface area contributed by atoms with Crippen LogP contribution in [0.2, 0.25) is 0 Å². The van der Waals surface area contributed by atoms with E-state index in [1.54, 1.807) is 4.57 Å². The Balaban J connectivity index is 1.66. The fourth-order valence-corrected chi connectivity index (χ4v) is 3.99. The minimum absolute atomic E-state index is 0.121. The molecule has 5 N–H and O–H groups in total. The van der Waals surface area contributed by atoms with E-state index in [1.807, 2.05) is 0 Å². The highest BCUT2D eigenvalue weighted by atomic mass is 31.2. The van der Waals surface area contributed by atoms with Crippen molar-refractivity contribution >= 4 is 24.8 Å². The van der Waals surface area contributed by atoms with Crippen LogP contribution in [0.4, 0.5) is 5.82 Å². The Labute approximate surface area is 181 Å². The molecule has 0 aromatic carbocycles. The molecule has 1 fully saturated rings. The summed E-state index contributed by atoms with van der Waals surface area (Å²) in [5.74, 6) is 0.182. The second kappa shape index (κ2) is 10.3. The van der Waals surface area contributed by atoms with Gasteiger partial charge >= 0.3 is 7.82 Å². The smallest absolute Gasteiger partial charge is 0.390 e. The highest BCUT2D eigenvalue weighted by Crippen LogP contribution is 2.50. The van der Waals surface area contributed by atoms with Gasteiger partial charge in [-0.25, -0.2) is 19.5 Å². The Morgan fingerprint density at radius 3 is 2.50 bits per heavy atom. The van der Waals surface area contributed by atoms with Crippen LogP contribution in [-0.4, -0.2) is 79.1 Å². The van der Waals surface area contributed by atoms with E-state index in [0.29, 0.717) is 11.2 Å². The van der Waals surface area contributed by atoms with Gasteiger partial charge in [0.1, 0.15) is 24.2 Å². The largest absolute Gasteiger partial charge is 0.475 e. The number of hydrogen-bond acceptors (Lipinski definition) is 14. The molecule has 5 atom stereocenters. The van der Waals surface area contributed by atoms with Crippen LogP contribution >= 0.6 is 7.82 Å². The molecule has 0 aliphatic carbocycles. The van der Waals surface area contributed by atoms with Crippen molar-refractivity contribution in [3.8, 4) is 12.1 Å². The van der Waals surface area contributed by atoms with Gasteiger partial charge < -0.3 is 25.8 Å². The predicted octanol–water partition coefficient (Wildman–Crippen LogP) is -1.02. The van der Waals surface area contributed by atoms with Crippen LogP contribution in [0.3, 0.4) is 0 Å². The molecule has 1 aliphatic rings. The van der Waals surface area contributed by atoms with Crippen molar-refractivity contribution in [3.63, 3.8) is 0 Å². The van der Waals surface area contributed by atoms with Crippen molar-refractivity contribution in [2.45, 2.75) is 37.1 Å². The lowest BCUT2D eigenvalue weighted by Gasteiger charge is -2.21. The number of aromatic nitrogens is 4. The van der Waals surface area contributed by atoms with Crippen LogP contribution in [0, 0.1) is 22.7 Å². The zero-order valence-electron chi connectivity index (χ0n) is 16.5. The van der Waals surface area contributed by atoms with Gasteiger partial charge in [-0.2, -0.15) is 10.5 Å². The lowest BCUT2D eigenvalue weighted by Crippen LogP contribution is -2.27. The second-order valence-electron chi connectivity index (χ2n) is 6.64. The van der Waals surface area contributed by atoms with E-state index >= 15 is 0 Å². The maximum absolute atomic E-state index is 12.7. The van der Waals surface area contributed by atoms with Crippen molar-refractivity contribution < 1.29 is 38.2 Å². The van der Waals surface area contributed by atoms with Crippen LogP contribution in [0.25, 0.3) is 11.2 Å². The Morgan fingerprint density at radius 2 is 1.88 bits per heavy atom. The van der Waals surface area contributed by atoms with Crippen LogP contribution in [0.5, 0.6) is 0 Å². The first-order valence-corrected chi connectivity index (χ1v) is 10.7. The molecular formula is C16H20N7O8P. The van der Waals surface area contributed by atoms with Crippen LogP contribution < -0.4 is 5.73 Å². The molecule has 0 saturated carbocycles. The first kappa shape index (κ1) is 23.9. The van der Waals surface area contributed by atoms with Crippen molar-refractivity contribution in [3.05, 3.63) is 12.7 Å². The molecule has 172 valence electrons. The molecule has 16 heteroatoms. The Hall–Kier alpha value is -2.72. The first-order chi connectivity index (χ1) is 15.3. The molecule has 1 saturated heterocycles. The number of phosphoric ester groups is 1. The summed E-state index contributed by atoms with van der Waals surface area (Å²) < 4.78 is 35.0. The quantitative estimate of drug-likeness (QED) is 0.241. The number of imidazole rings is 1. The fourth-order valence-electron chi connectivity index (χ4n) is 2.79. The number of hydrogen-bond donors (Lipinski definition) is 4. The number of rotatable bonds is 10. The number of anilines is 1. The van der Waals surface area contributed by atoms with E-state index < -0.39 is 58.3 Å². The summed E-state index contributed by atoms with van der Waals surface area (Å²) in [4.78, 5) is 12.1. The Morgan fingerprint density at radius 1 is 1.22 bits per heavy atom. The number of nitrogens with two attached hydrogens (primary N) is 1. The molecule has 2 aromatic rings. The summed E-state index contributed by atoms with van der Waals surface area (Å²) in [5.41, 5.74) is 6.52. The van der Waals surface area contributed by atoms with Crippen LogP contribution in [0.1, 0.15) is 12.6 Å². The molecular weight excluding hydrogens is 449 g/mol. The van der Waals surface area contributed by atoms with Gasteiger partial charge in [-0.3, -0.25) is 18.1 Å². The summed E-state index contributed by atoms with van der Waals surface area (Å²) >= 11 is 0. The van der Waals surface area contributed by atoms with Gasteiger partial charge in [0.2, 0.25) is 0 Å².